The maximum absolute atomic E-state index is 12.2. The lowest BCUT2D eigenvalue weighted by Gasteiger charge is -2.07. The van der Waals surface area contributed by atoms with E-state index in [9.17, 15) is 9.59 Å². The molecule has 1 amide bonds. The van der Waals surface area contributed by atoms with Crippen molar-refractivity contribution in [2.75, 3.05) is 12.3 Å². The van der Waals surface area contributed by atoms with Gasteiger partial charge in [0.2, 0.25) is 5.91 Å². The summed E-state index contributed by atoms with van der Waals surface area (Å²) in [5, 5.41) is 7.30. The van der Waals surface area contributed by atoms with Crippen LogP contribution >= 0.6 is 34.4 Å². The number of carbonyl (C=O) groups is 1. The second-order valence-electron chi connectivity index (χ2n) is 4.80. The van der Waals surface area contributed by atoms with Gasteiger partial charge in [-0.2, -0.15) is 11.8 Å². The number of fused-ring (bicyclic) bond motifs is 1. The Morgan fingerprint density at radius 3 is 3.04 bits per heavy atom. The summed E-state index contributed by atoms with van der Waals surface area (Å²) in [5.41, 5.74) is -0.168. The van der Waals surface area contributed by atoms with Crippen LogP contribution in [0.3, 0.4) is 0 Å². The predicted molar refractivity (Wildman–Crippen MR) is 97.4 cm³/mol. The van der Waals surface area contributed by atoms with E-state index in [1.807, 2.05) is 11.4 Å². The zero-order valence-corrected chi connectivity index (χ0v) is 14.7. The van der Waals surface area contributed by atoms with Gasteiger partial charge in [0.05, 0.1) is 11.7 Å². The van der Waals surface area contributed by atoms with Gasteiger partial charge in [0.25, 0.3) is 5.56 Å². The standard InChI is InChI=1S/C15H15N3O2S3/c19-13(16-4-7-21-9-11-2-1-5-22-11)8-18-10-17-14-12(15(18)20)3-6-23-14/h1-3,5-6,10H,4,7-9H2,(H,16,19). The van der Waals surface area contributed by atoms with Crippen LogP contribution in [0.2, 0.25) is 0 Å². The number of thiophene rings is 2. The third-order valence-electron chi connectivity index (χ3n) is 3.16. The van der Waals surface area contributed by atoms with E-state index in [1.165, 1.54) is 27.1 Å². The normalized spacial score (nSPS) is 11.0. The number of aromatic nitrogens is 2. The van der Waals surface area contributed by atoms with Crippen molar-refractivity contribution in [3.05, 3.63) is 50.5 Å². The Bertz CT molecular complexity index is 839. The molecule has 0 aliphatic rings. The molecule has 3 heterocycles. The Morgan fingerprint density at radius 1 is 1.30 bits per heavy atom. The molecule has 0 radical (unpaired) electrons. The molecular weight excluding hydrogens is 350 g/mol. The van der Waals surface area contributed by atoms with Crippen LogP contribution in [0.25, 0.3) is 10.2 Å². The molecule has 0 saturated heterocycles. The van der Waals surface area contributed by atoms with E-state index >= 15 is 0 Å². The van der Waals surface area contributed by atoms with Crippen LogP contribution in [0.5, 0.6) is 0 Å². The van der Waals surface area contributed by atoms with Crippen molar-refractivity contribution in [1.29, 1.82) is 0 Å². The lowest BCUT2D eigenvalue weighted by Crippen LogP contribution is -2.33. The molecule has 23 heavy (non-hydrogen) atoms. The van der Waals surface area contributed by atoms with Crippen molar-refractivity contribution in [2.24, 2.45) is 0 Å². The van der Waals surface area contributed by atoms with Crippen LogP contribution in [0, 0.1) is 0 Å². The summed E-state index contributed by atoms with van der Waals surface area (Å²) in [5.74, 6) is 1.65. The van der Waals surface area contributed by atoms with Gasteiger partial charge in [0, 0.05) is 22.9 Å². The average molecular weight is 366 g/mol. The molecule has 8 heteroatoms. The number of hydrogen-bond donors (Lipinski definition) is 1. The molecule has 0 aliphatic heterocycles. The van der Waals surface area contributed by atoms with E-state index in [4.69, 9.17) is 0 Å². The van der Waals surface area contributed by atoms with Gasteiger partial charge in [-0.3, -0.25) is 14.2 Å². The molecule has 0 bridgehead atoms. The molecule has 5 nitrogen and oxygen atoms in total. The summed E-state index contributed by atoms with van der Waals surface area (Å²) < 4.78 is 1.35. The first-order valence-corrected chi connectivity index (χ1v) is 9.95. The summed E-state index contributed by atoms with van der Waals surface area (Å²) in [4.78, 5) is 30.3. The van der Waals surface area contributed by atoms with E-state index < -0.39 is 0 Å². The fourth-order valence-corrected chi connectivity index (χ4v) is 4.47. The predicted octanol–water partition coefficient (Wildman–Crippen LogP) is 2.57. The number of hydrogen-bond acceptors (Lipinski definition) is 6. The number of nitrogens with one attached hydrogen (secondary N) is 1. The molecule has 3 aromatic rings. The van der Waals surface area contributed by atoms with Gasteiger partial charge in [-0.15, -0.1) is 22.7 Å². The van der Waals surface area contributed by atoms with Crippen molar-refractivity contribution < 1.29 is 4.79 Å². The van der Waals surface area contributed by atoms with Crippen molar-refractivity contribution >= 4 is 50.6 Å². The van der Waals surface area contributed by atoms with Crippen LogP contribution in [0.15, 0.2) is 40.1 Å². The maximum Gasteiger partial charge on any atom is 0.262 e. The van der Waals surface area contributed by atoms with Gasteiger partial charge in [0.15, 0.2) is 0 Å². The van der Waals surface area contributed by atoms with E-state index in [0.29, 0.717) is 16.8 Å². The number of carbonyl (C=O) groups excluding carboxylic acids is 1. The van der Waals surface area contributed by atoms with Crippen LogP contribution < -0.4 is 10.9 Å². The molecule has 0 aromatic carbocycles. The molecule has 0 fully saturated rings. The number of amides is 1. The average Bonchev–Trinajstić information content (AvgIpc) is 3.21. The van der Waals surface area contributed by atoms with Gasteiger partial charge < -0.3 is 5.32 Å². The van der Waals surface area contributed by atoms with Crippen molar-refractivity contribution in [3.63, 3.8) is 0 Å². The Hall–Kier alpha value is -1.64. The smallest absolute Gasteiger partial charge is 0.262 e. The van der Waals surface area contributed by atoms with E-state index in [1.54, 1.807) is 29.2 Å². The summed E-state index contributed by atoms with van der Waals surface area (Å²) in [6, 6.07) is 5.89. The molecule has 0 spiro atoms. The Morgan fingerprint density at radius 2 is 2.22 bits per heavy atom. The van der Waals surface area contributed by atoms with E-state index in [0.717, 1.165) is 11.5 Å². The molecule has 0 saturated carbocycles. The molecule has 0 unspecified atom stereocenters. The third kappa shape index (κ3) is 4.21. The van der Waals surface area contributed by atoms with Crippen molar-refractivity contribution in [2.45, 2.75) is 12.3 Å². The summed E-state index contributed by atoms with van der Waals surface area (Å²) >= 11 is 4.94. The molecule has 0 aliphatic carbocycles. The van der Waals surface area contributed by atoms with Gasteiger partial charge in [-0.1, -0.05) is 6.07 Å². The van der Waals surface area contributed by atoms with E-state index in [-0.39, 0.29) is 18.0 Å². The zero-order valence-electron chi connectivity index (χ0n) is 12.2. The van der Waals surface area contributed by atoms with Gasteiger partial charge in [-0.25, -0.2) is 4.98 Å². The molecule has 1 N–H and O–H groups in total. The monoisotopic (exact) mass is 365 g/mol. The third-order valence-corrected chi connectivity index (χ3v) is 6.05. The Kier molecular flexibility index (Phi) is 5.47. The molecule has 0 atom stereocenters. The fraction of sp³-hybridized carbons (Fsp3) is 0.267. The molecule has 120 valence electrons. The molecular formula is C15H15N3O2S3. The van der Waals surface area contributed by atoms with E-state index in [2.05, 4.69) is 21.7 Å². The highest BCUT2D eigenvalue weighted by atomic mass is 32.2. The first-order valence-electron chi connectivity index (χ1n) is 7.03. The minimum absolute atomic E-state index is 0.00715. The number of nitrogens with zero attached hydrogens (tertiary/aromatic N) is 2. The van der Waals surface area contributed by atoms with Crippen molar-refractivity contribution in [1.82, 2.24) is 14.9 Å². The maximum atomic E-state index is 12.2. The lowest BCUT2D eigenvalue weighted by molar-refractivity contribution is -0.121. The van der Waals surface area contributed by atoms with Crippen LogP contribution in [0.4, 0.5) is 0 Å². The first kappa shape index (κ1) is 16.2. The molecule has 3 aromatic heterocycles. The highest BCUT2D eigenvalue weighted by molar-refractivity contribution is 7.98. The second kappa shape index (κ2) is 7.76. The number of thioether (sulfide) groups is 1. The van der Waals surface area contributed by atoms with Gasteiger partial charge in [-0.05, 0) is 22.9 Å². The summed E-state index contributed by atoms with van der Waals surface area (Å²) in [6.45, 7) is 0.602. The first-order chi connectivity index (χ1) is 11.2. The lowest BCUT2D eigenvalue weighted by atomic mass is 10.4. The van der Waals surface area contributed by atoms with Crippen LogP contribution in [-0.2, 0) is 17.1 Å². The zero-order chi connectivity index (χ0) is 16.1. The highest BCUT2D eigenvalue weighted by Crippen LogP contribution is 2.16. The Balaban J connectivity index is 1.45. The van der Waals surface area contributed by atoms with Gasteiger partial charge >= 0.3 is 0 Å². The quantitative estimate of drug-likeness (QED) is 0.654. The molecule has 3 rings (SSSR count). The summed E-state index contributed by atoms with van der Waals surface area (Å²) in [7, 11) is 0. The Labute approximate surface area is 145 Å². The number of rotatable bonds is 7. The van der Waals surface area contributed by atoms with Crippen LogP contribution in [0.1, 0.15) is 4.88 Å². The highest BCUT2D eigenvalue weighted by Gasteiger charge is 2.08. The SMILES string of the molecule is O=C(Cn1cnc2sccc2c1=O)NCCSCc1cccs1. The topological polar surface area (TPSA) is 64.0 Å². The summed E-state index contributed by atoms with van der Waals surface area (Å²) in [6.07, 6.45) is 1.44. The van der Waals surface area contributed by atoms with Crippen LogP contribution in [-0.4, -0.2) is 27.8 Å². The van der Waals surface area contributed by atoms with Crippen molar-refractivity contribution in [3.8, 4) is 0 Å². The minimum atomic E-state index is -0.168. The minimum Gasteiger partial charge on any atom is -0.354 e. The second-order valence-corrected chi connectivity index (χ2v) is 7.83. The largest absolute Gasteiger partial charge is 0.354 e. The van der Waals surface area contributed by atoms with Gasteiger partial charge in [0.1, 0.15) is 11.4 Å². The fourth-order valence-electron chi connectivity index (χ4n) is 2.05.